The predicted molar refractivity (Wildman–Crippen MR) is 75.0 cm³/mol. The summed E-state index contributed by atoms with van der Waals surface area (Å²) in [7, 11) is 0. The van der Waals surface area contributed by atoms with Crippen molar-refractivity contribution in [2.24, 2.45) is 0 Å². The topological polar surface area (TPSA) is 26.0 Å². The molecular formula is C16H18FN. The Kier molecular flexibility index (Phi) is 3.66. The van der Waals surface area contributed by atoms with Crippen molar-refractivity contribution >= 4 is 5.69 Å². The molecule has 2 aromatic carbocycles. The van der Waals surface area contributed by atoms with E-state index in [9.17, 15) is 4.39 Å². The summed E-state index contributed by atoms with van der Waals surface area (Å²) in [6.45, 7) is 4.18. The van der Waals surface area contributed by atoms with E-state index >= 15 is 0 Å². The van der Waals surface area contributed by atoms with E-state index in [0.717, 1.165) is 24.0 Å². The molecule has 0 atom stereocenters. The van der Waals surface area contributed by atoms with Crippen molar-refractivity contribution < 1.29 is 4.39 Å². The van der Waals surface area contributed by atoms with Gasteiger partial charge < -0.3 is 5.73 Å². The summed E-state index contributed by atoms with van der Waals surface area (Å²) < 4.78 is 14.0. The maximum Gasteiger partial charge on any atom is 0.131 e. The molecule has 2 aromatic rings. The molecule has 94 valence electrons. The average Bonchev–Trinajstić information content (AvgIpc) is 2.40. The standard InChI is InChI=1S/C16H18FN/c1-3-11-5-6-12(4-2)14(9-11)15-10-13(18)7-8-16(15)17/h5-10H,3-4,18H2,1-2H3. The molecule has 0 spiro atoms. The highest BCUT2D eigenvalue weighted by Crippen LogP contribution is 2.29. The Labute approximate surface area is 107 Å². The summed E-state index contributed by atoms with van der Waals surface area (Å²) in [4.78, 5) is 0. The largest absolute Gasteiger partial charge is 0.399 e. The second kappa shape index (κ2) is 5.21. The van der Waals surface area contributed by atoms with Crippen LogP contribution in [0.25, 0.3) is 11.1 Å². The van der Waals surface area contributed by atoms with E-state index in [1.54, 1.807) is 12.1 Å². The first-order chi connectivity index (χ1) is 8.65. The molecule has 0 fully saturated rings. The van der Waals surface area contributed by atoms with E-state index in [0.29, 0.717) is 11.3 Å². The van der Waals surface area contributed by atoms with Crippen molar-refractivity contribution in [3.8, 4) is 11.1 Å². The maximum absolute atomic E-state index is 14.0. The van der Waals surface area contributed by atoms with Gasteiger partial charge in [-0.2, -0.15) is 0 Å². The molecule has 0 amide bonds. The lowest BCUT2D eigenvalue weighted by molar-refractivity contribution is 0.631. The highest BCUT2D eigenvalue weighted by Gasteiger charge is 2.10. The number of rotatable bonds is 3. The molecule has 0 unspecified atom stereocenters. The molecule has 0 heterocycles. The van der Waals surface area contributed by atoms with Crippen LogP contribution in [0.4, 0.5) is 10.1 Å². The lowest BCUT2D eigenvalue weighted by Crippen LogP contribution is -1.95. The Hall–Kier alpha value is -1.83. The average molecular weight is 243 g/mol. The molecule has 0 aliphatic heterocycles. The minimum absolute atomic E-state index is 0.216. The third kappa shape index (κ3) is 2.37. The van der Waals surface area contributed by atoms with Gasteiger partial charge in [0.1, 0.15) is 5.82 Å². The van der Waals surface area contributed by atoms with E-state index in [1.807, 2.05) is 0 Å². The van der Waals surface area contributed by atoms with Gasteiger partial charge in [0.25, 0.3) is 0 Å². The first-order valence-corrected chi connectivity index (χ1v) is 6.33. The molecule has 0 saturated heterocycles. The molecular weight excluding hydrogens is 225 g/mol. The van der Waals surface area contributed by atoms with Crippen LogP contribution in [-0.4, -0.2) is 0 Å². The second-order valence-electron chi connectivity index (χ2n) is 4.44. The zero-order valence-corrected chi connectivity index (χ0v) is 10.8. The molecule has 0 aliphatic carbocycles. The minimum atomic E-state index is -0.216. The van der Waals surface area contributed by atoms with Crippen LogP contribution in [0.1, 0.15) is 25.0 Å². The van der Waals surface area contributed by atoms with Gasteiger partial charge in [-0.25, -0.2) is 4.39 Å². The van der Waals surface area contributed by atoms with Crippen molar-refractivity contribution in [1.29, 1.82) is 0 Å². The van der Waals surface area contributed by atoms with E-state index < -0.39 is 0 Å². The number of halogens is 1. The predicted octanol–water partition coefficient (Wildman–Crippen LogP) is 4.20. The van der Waals surface area contributed by atoms with Gasteiger partial charge in [0.05, 0.1) is 0 Å². The van der Waals surface area contributed by atoms with Crippen molar-refractivity contribution in [3.63, 3.8) is 0 Å². The Bertz CT molecular complexity index is 561. The van der Waals surface area contributed by atoms with Crippen LogP contribution in [0.2, 0.25) is 0 Å². The zero-order chi connectivity index (χ0) is 13.1. The van der Waals surface area contributed by atoms with Crippen LogP contribution in [0.5, 0.6) is 0 Å². The monoisotopic (exact) mass is 243 g/mol. The van der Waals surface area contributed by atoms with Crippen molar-refractivity contribution in [2.45, 2.75) is 26.7 Å². The smallest absolute Gasteiger partial charge is 0.131 e. The minimum Gasteiger partial charge on any atom is -0.399 e. The lowest BCUT2D eigenvalue weighted by Gasteiger charge is -2.12. The Morgan fingerprint density at radius 1 is 0.944 bits per heavy atom. The molecule has 2 N–H and O–H groups in total. The van der Waals surface area contributed by atoms with E-state index in [4.69, 9.17) is 5.73 Å². The Balaban J connectivity index is 2.64. The molecule has 0 aromatic heterocycles. The first-order valence-electron chi connectivity index (χ1n) is 6.33. The normalized spacial score (nSPS) is 10.6. The number of nitrogens with two attached hydrogens (primary N) is 1. The quantitative estimate of drug-likeness (QED) is 0.803. The lowest BCUT2D eigenvalue weighted by atomic mass is 9.94. The third-order valence-electron chi connectivity index (χ3n) is 3.24. The van der Waals surface area contributed by atoms with E-state index in [-0.39, 0.29) is 5.82 Å². The van der Waals surface area contributed by atoms with E-state index in [1.165, 1.54) is 11.6 Å². The van der Waals surface area contributed by atoms with E-state index in [2.05, 4.69) is 32.0 Å². The molecule has 0 aliphatic rings. The fourth-order valence-electron chi connectivity index (χ4n) is 2.15. The van der Waals surface area contributed by atoms with Crippen molar-refractivity contribution in [1.82, 2.24) is 0 Å². The van der Waals surface area contributed by atoms with Gasteiger partial charge >= 0.3 is 0 Å². The molecule has 2 heteroatoms. The first kappa shape index (κ1) is 12.6. The van der Waals surface area contributed by atoms with Gasteiger partial charge in [-0.05, 0) is 47.7 Å². The number of aryl methyl sites for hydroxylation is 2. The number of anilines is 1. The van der Waals surface area contributed by atoms with Crippen LogP contribution in [0, 0.1) is 5.82 Å². The number of benzene rings is 2. The van der Waals surface area contributed by atoms with Gasteiger partial charge in [0.2, 0.25) is 0 Å². The Morgan fingerprint density at radius 3 is 2.39 bits per heavy atom. The van der Waals surface area contributed by atoms with Crippen LogP contribution < -0.4 is 5.73 Å². The summed E-state index contributed by atoms with van der Waals surface area (Å²) in [5.74, 6) is -0.216. The SMILES string of the molecule is CCc1ccc(CC)c(-c2cc(N)ccc2F)c1. The molecule has 0 saturated carbocycles. The number of hydrogen-bond acceptors (Lipinski definition) is 1. The highest BCUT2D eigenvalue weighted by molar-refractivity contribution is 5.71. The van der Waals surface area contributed by atoms with Crippen molar-refractivity contribution in [3.05, 3.63) is 53.3 Å². The maximum atomic E-state index is 14.0. The van der Waals surface area contributed by atoms with Crippen LogP contribution in [0.15, 0.2) is 36.4 Å². The number of nitrogen functional groups attached to an aromatic ring is 1. The molecule has 0 bridgehead atoms. The molecule has 2 rings (SSSR count). The summed E-state index contributed by atoms with van der Waals surface area (Å²) >= 11 is 0. The summed E-state index contributed by atoms with van der Waals surface area (Å²) in [6, 6.07) is 11.0. The molecule has 0 radical (unpaired) electrons. The van der Waals surface area contributed by atoms with Gasteiger partial charge in [-0.3, -0.25) is 0 Å². The second-order valence-corrected chi connectivity index (χ2v) is 4.44. The Morgan fingerprint density at radius 2 is 1.72 bits per heavy atom. The van der Waals surface area contributed by atoms with Crippen LogP contribution >= 0.6 is 0 Å². The van der Waals surface area contributed by atoms with Gasteiger partial charge in [0, 0.05) is 11.3 Å². The van der Waals surface area contributed by atoms with Crippen molar-refractivity contribution in [2.75, 3.05) is 5.73 Å². The van der Waals surface area contributed by atoms with Gasteiger partial charge in [-0.15, -0.1) is 0 Å². The highest BCUT2D eigenvalue weighted by atomic mass is 19.1. The third-order valence-corrected chi connectivity index (χ3v) is 3.24. The molecule has 18 heavy (non-hydrogen) atoms. The van der Waals surface area contributed by atoms with Gasteiger partial charge in [0.15, 0.2) is 0 Å². The van der Waals surface area contributed by atoms with Crippen LogP contribution in [-0.2, 0) is 12.8 Å². The molecule has 1 nitrogen and oxygen atoms in total. The number of hydrogen-bond donors (Lipinski definition) is 1. The summed E-state index contributed by atoms with van der Waals surface area (Å²) in [5, 5.41) is 0. The zero-order valence-electron chi connectivity index (χ0n) is 10.8. The summed E-state index contributed by atoms with van der Waals surface area (Å²) in [5.41, 5.74) is 10.3. The summed E-state index contributed by atoms with van der Waals surface area (Å²) in [6.07, 6.45) is 1.83. The van der Waals surface area contributed by atoms with Crippen LogP contribution in [0.3, 0.4) is 0 Å². The fourth-order valence-corrected chi connectivity index (χ4v) is 2.15. The fraction of sp³-hybridized carbons (Fsp3) is 0.250. The van der Waals surface area contributed by atoms with Gasteiger partial charge in [-0.1, -0.05) is 32.0 Å².